The highest BCUT2D eigenvalue weighted by Crippen LogP contribution is 2.44. The van der Waals surface area contributed by atoms with Crippen LogP contribution < -0.4 is 20.3 Å². The first-order valence-electron chi connectivity index (χ1n) is 16.4. The summed E-state index contributed by atoms with van der Waals surface area (Å²) in [6.45, 7) is 1.47. The van der Waals surface area contributed by atoms with E-state index in [1.165, 1.54) is 0 Å². The van der Waals surface area contributed by atoms with Crippen molar-refractivity contribution in [3.8, 4) is 22.6 Å². The van der Waals surface area contributed by atoms with Crippen molar-refractivity contribution in [1.82, 2.24) is 10.6 Å². The Morgan fingerprint density at radius 2 is 1.46 bits per heavy atom. The Morgan fingerprint density at radius 1 is 0.800 bits per heavy atom. The summed E-state index contributed by atoms with van der Waals surface area (Å²) in [5.74, 6) is 0.661. The Bertz CT molecular complexity index is 1990. The van der Waals surface area contributed by atoms with Crippen molar-refractivity contribution in [2.45, 2.75) is 30.8 Å². The second kappa shape index (κ2) is 14.8. The summed E-state index contributed by atoms with van der Waals surface area (Å²) >= 11 is 15.8. The molecule has 2 aliphatic rings. The Hall–Kier alpha value is -4.50. The van der Waals surface area contributed by atoms with Gasteiger partial charge in [0.2, 0.25) is 5.91 Å². The van der Waals surface area contributed by atoms with Gasteiger partial charge in [0.1, 0.15) is 23.6 Å². The standard InChI is InChI=1S/C40H34BrCl2N3O4/c41-27-15-14-26(37(22-27)50-29-16-17-35(42)36(43)23-29)24-44-38(47)40(18-20-46(21-19-40)28-8-2-1-3-9-28)45-39(48)49-25-34-32-12-6-4-10-30(32)31-11-5-7-13-33(31)34/h1-17,22-23,34H,18-21,24-25H2,(H,44,47)(H,45,48). The average molecular weight is 772 g/mol. The molecule has 5 aromatic carbocycles. The van der Waals surface area contributed by atoms with Crippen LogP contribution in [0.1, 0.15) is 35.4 Å². The molecule has 10 heteroatoms. The summed E-state index contributed by atoms with van der Waals surface area (Å²) in [4.78, 5) is 30.0. The smallest absolute Gasteiger partial charge is 0.408 e. The molecular formula is C40H34BrCl2N3O4. The Labute approximate surface area is 309 Å². The predicted molar refractivity (Wildman–Crippen MR) is 201 cm³/mol. The van der Waals surface area contributed by atoms with Crippen LogP contribution in [0.25, 0.3) is 11.1 Å². The summed E-state index contributed by atoms with van der Waals surface area (Å²) < 4.78 is 12.9. The fourth-order valence-corrected chi connectivity index (χ4v) is 7.43. The summed E-state index contributed by atoms with van der Waals surface area (Å²) in [6, 6.07) is 37.1. The van der Waals surface area contributed by atoms with Crippen LogP contribution in [-0.2, 0) is 16.1 Å². The predicted octanol–water partition coefficient (Wildman–Crippen LogP) is 9.74. The Balaban J connectivity index is 1.08. The van der Waals surface area contributed by atoms with Crippen molar-refractivity contribution < 1.29 is 19.1 Å². The topological polar surface area (TPSA) is 79.9 Å². The van der Waals surface area contributed by atoms with Crippen LogP contribution in [-0.4, -0.2) is 37.2 Å². The second-order valence-corrected chi connectivity index (χ2v) is 14.2. The lowest BCUT2D eigenvalue weighted by Gasteiger charge is -2.41. The first-order chi connectivity index (χ1) is 24.3. The van der Waals surface area contributed by atoms with E-state index in [4.69, 9.17) is 32.7 Å². The number of para-hydroxylation sites is 1. The normalized spacial score (nSPS) is 14.7. The van der Waals surface area contributed by atoms with Gasteiger partial charge < -0.3 is 25.0 Å². The molecule has 0 radical (unpaired) electrons. The van der Waals surface area contributed by atoms with Gasteiger partial charge in [-0.2, -0.15) is 0 Å². The molecule has 1 aliphatic carbocycles. The number of hydrogen-bond acceptors (Lipinski definition) is 5. The van der Waals surface area contributed by atoms with Crippen LogP contribution >= 0.6 is 39.1 Å². The van der Waals surface area contributed by atoms with E-state index >= 15 is 0 Å². The van der Waals surface area contributed by atoms with E-state index in [9.17, 15) is 9.59 Å². The number of piperidine rings is 1. The first-order valence-corrected chi connectivity index (χ1v) is 18.0. The number of amides is 2. The second-order valence-electron chi connectivity index (χ2n) is 12.5. The lowest BCUT2D eigenvalue weighted by Crippen LogP contribution is -2.63. The first kappa shape index (κ1) is 34.0. The number of hydrogen-bond donors (Lipinski definition) is 2. The molecule has 50 heavy (non-hydrogen) atoms. The molecule has 0 unspecified atom stereocenters. The average Bonchev–Trinajstić information content (AvgIpc) is 3.46. The van der Waals surface area contributed by atoms with Crippen molar-refractivity contribution >= 4 is 56.8 Å². The molecule has 0 aromatic heterocycles. The third-order valence-corrected chi connectivity index (χ3v) is 10.7. The summed E-state index contributed by atoms with van der Waals surface area (Å²) in [5.41, 5.74) is 5.17. The minimum absolute atomic E-state index is 0.0933. The Kier molecular flexibility index (Phi) is 10.0. The number of nitrogens with one attached hydrogen (secondary N) is 2. The summed E-state index contributed by atoms with van der Waals surface area (Å²) in [6.07, 6.45) is 0.165. The van der Waals surface area contributed by atoms with Crippen LogP contribution in [0, 0.1) is 0 Å². The zero-order valence-corrected chi connectivity index (χ0v) is 30.1. The third-order valence-electron chi connectivity index (χ3n) is 9.45. The van der Waals surface area contributed by atoms with E-state index in [-0.39, 0.29) is 25.0 Å². The molecule has 2 amide bonds. The van der Waals surface area contributed by atoms with Gasteiger partial charge in [-0.05, 0) is 71.5 Å². The van der Waals surface area contributed by atoms with Crippen molar-refractivity contribution in [1.29, 1.82) is 0 Å². The van der Waals surface area contributed by atoms with E-state index in [2.05, 4.69) is 67.9 Å². The number of benzene rings is 5. The molecule has 7 nitrogen and oxygen atoms in total. The van der Waals surface area contributed by atoms with Gasteiger partial charge in [0, 0.05) is 47.3 Å². The quantitative estimate of drug-likeness (QED) is 0.156. The van der Waals surface area contributed by atoms with Gasteiger partial charge in [0.05, 0.1) is 10.0 Å². The maximum Gasteiger partial charge on any atom is 0.408 e. The van der Waals surface area contributed by atoms with Gasteiger partial charge in [0.15, 0.2) is 0 Å². The molecule has 7 rings (SSSR count). The summed E-state index contributed by atoms with van der Waals surface area (Å²) in [7, 11) is 0. The van der Waals surface area contributed by atoms with Crippen LogP contribution in [0.5, 0.6) is 11.5 Å². The molecule has 5 aromatic rings. The van der Waals surface area contributed by atoms with Crippen LogP contribution in [0.4, 0.5) is 10.5 Å². The van der Waals surface area contributed by atoms with Gasteiger partial charge in [0.25, 0.3) is 0 Å². The highest BCUT2D eigenvalue weighted by atomic mass is 79.9. The molecule has 2 N–H and O–H groups in total. The van der Waals surface area contributed by atoms with Gasteiger partial charge >= 0.3 is 6.09 Å². The number of carbonyl (C=O) groups excluding carboxylic acids is 2. The van der Waals surface area contributed by atoms with Crippen LogP contribution in [0.3, 0.4) is 0 Å². The minimum atomic E-state index is -1.19. The monoisotopic (exact) mass is 769 g/mol. The van der Waals surface area contributed by atoms with Gasteiger partial charge in [-0.3, -0.25) is 4.79 Å². The molecule has 0 bridgehead atoms. The molecule has 0 spiro atoms. The number of fused-ring (bicyclic) bond motifs is 3. The van der Waals surface area contributed by atoms with Crippen molar-refractivity contribution in [2.24, 2.45) is 0 Å². The number of anilines is 1. The molecule has 1 aliphatic heterocycles. The largest absolute Gasteiger partial charge is 0.457 e. The van der Waals surface area contributed by atoms with Crippen LogP contribution in [0.2, 0.25) is 10.0 Å². The zero-order chi connectivity index (χ0) is 34.7. The minimum Gasteiger partial charge on any atom is -0.457 e. The highest BCUT2D eigenvalue weighted by Gasteiger charge is 2.43. The van der Waals surface area contributed by atoms with E-state index in [1.54, 1.807) is 18.2 Å². The third kappa shape index (κ3) is 7.20. The van der Waals surface area contributed by atoms with Crippen molar-refractivity contribution in [3.63, 3.8) is 0 Å². The fraction of sp³-hybridized carbons (Fsp3) is 0.200. The molecular weight excluding hydrogens is 737 g/mol. The zero-order valence-electron chi connectivity index (χ0n) is 27.0. The molecule has 0 atom stereocenters. The van der Waals surface area contributed by atoms with Gasteiger partial charge in [-0.1, -0.05) is 112 Å². The van der Waals surface area contributed by atoms with Crippen molar-refractivity contribution in [3.05, 3.63) is 146 Å². The number of ether oxygens (including phenoxy) is 2. The molecule has 1 saturated heterocycles. The fourth-order valence-electron chi connectivity index (χ4n) is 6.81. The van der Waals surface area contributed by atoms with Gasteiger partial charge in [-0.25, -0.2) is 4.79 Å². The number of nitrogens with zero attached hydrogens (tertiary/aromatic N) is 1. The number of alkyl carbamates (subject to hydrolysis) is 1. The van der Waals surface area contributed by atoms with Crippen molar-refractivity contribution in [2.75, 3.05) is 24.6 Å². The van der Waals surface area contributed by atoms with Crippen LogP contribution in [0.15, 0.2) is 120 Å². The summed E-state index contributed by atoms with van der Waals surface area (Å²) in [5, 5.41) is 6.91. The SMILES string of the molecule is O=C(NC1(C(=O)NCc2ccc(Br)cc2Oc2ccc(Cl)c(Cl)c2)CCN(c2ccccc2)CC1)OCC1c2ccccc2-c2ccccc21. The Morgan fingerprint density at radius 3 is 2.14 bits per heavy atom. The van der Waals surface area contributed by atoms with E-state index < -0.39 is 11.6 Å². The van der Waals surface area contributed by atoms with Gasteiger partial charge in [-0.15, -0.1) is 0 Å². The molecule has 1 fully saturated rings. The number of halogens is 3. The molecule has 0 saturated carbocycles. The number of rotatable bonds is 9. The van der Waals surface area contributed by atoms with E-state index in [1.807, 2.05) is 60.7 Å². The molecule has 254 valence electrons. The van der Waals surface area contributed by atoms with E-state index in [0.29, 0.717) is 47.5 Å². The maximum atomic E-state index is 14.2. The number of carbonyl (C=O) groups is 2. The molecule has 1 heterocycles. The lowest BCUT2D eigenvalue weighted by atomic mass is 9.86. The lowest BCUT2D eigenvalue weighted by molar-refractivity contribution is -0.128. The highest BCUT2D eigenvalue weighted by molar-refractivity contribution is 9.10. The maximum absolute atomic E-state index is 14.2. The van der Waals surface area contributed by atoms with E-state index in [0.717, 1.165) is 38.0 Å².